The van der Waals surface area contributed by atoms with Crippen molar-refractivity contribution < 1.29 is 4.57 Å². The molecule has 1 atom stereocenters. The average molecular weight is 397 g/mol. The molecule has 0 saturated carbocycles. The Morgan fingerprint density at radius 2 is 2.03 bits per heavy atom. The molecule has 7 heteroatoms. The molecule has 2 aromatic heterocycles. The molecule has 0 fully saturated rings. The van der Waals surface area contributed by atoms with Crippen LogP contribution in [0.4, 0.5) is 11.6 Å². The summed E-state index contributed by atoms with van der Waals surface area (Å²) < 4.78 is 5.03. The zero-order valence-corrected chi connectivity index (χ0v) is 17.7. The van der Waals surface area contributed by atoms with Gasteiger partial charge in [0.1, 0.15) is 5.69 Å². The van der Waals surface area contributed by atoms with Gasteiger partial charge in [0.2, 0.25) is 11.2 Å². The van der Waals surface area contributed by atoms with E-state index in [0.717, 1.165) is 44.0 Å². The molecular formula is C22H30N5O2+. The van der Waals surface area contributed by atoms with Crippen LogP contribution in [0.15, 0.2) is 33.9 Å². The lowest BCUT2D eigenvalue weighted by Crippen LogP contribution is -2.52. The van der Waals surface area contributed by atoms with Crippen LogP contribution in [0.3, 0.4) is 0 Å². The number of hydrogen-bond donors (Lipinski definition) is 1. The van der Waals surface area contributed by atoms with E-state index < -0.39 is 0 Å². The van der Waals surface area contributed by atoms with Gasteiger partial charge in [-0.1, -0.05) is 38.8 Å². The van der Waals surface area contributed by atoms with E-state index in [1.54, 1.807) is 11.6 Å². The first-order valence-electron chi connectivity index (χ1n) is 10.5. The quantitative estimate of drug-likeness (QED) is 0.533. The van der Waals surface area contributed by atoms with Crippen molar-refractivity contribution >= 4 is 22.8 Å². The third kappa shape index (κ3) is 3.28. The molecule has 0 radical (unpaired) electrons. The first kappa shape index (κ1) is 19.5. The number of anilines is 2. The van der Waals surface area contributed by atoms with Crippen LogP contribution in [-0.2, 0) is 20.1 Å². The Labute approximate surface area is 170 Å². The molecule has 0 amide bonds. The maximum Gasteiger partial charge on any atom is 0.364 e. The van der Waals surface area contributed by atoms with Gasteiger partial charge in [0.15, 0.2) is 0 Å². The fraction of sp³-hybridized carbons (Fsp3) is 0.500. The van der Waals surface area contributed by atoms with Gasteiger partial charge in [0.05, 0.1) is 13.1 Å². The van der Waals surface area contributed by atoms with Crippen molar-refractivity contribution in [3.63, 3.8) is 0 Å². The molecule has 154 valence electrons. The molecule has 0 saturated heterocycles. The second-order valence-electron chi connectivity index (χ2n) is 8.32. The number of H-pyrrole nitrogens is 1. The molecule has 3 aromatic rings. The van der Waals surface area contributed by atoms with Gasteiger partial charge >= 0.3 is 11.6 Å². The predicted octanol–water partition coefficient (Wildman–Crippen LogP) is 2.60. The Morgan fingerprint density at radius 1 is 1.24 bits per heavy atom. The highest BCUT2D eigenvalue weighted by atomic mass is 16.2. The number of aromatic amines is 1. The molecule has 0 unspecified atom stereocenters. The predicted molar refractivity (Wildman–Crippen MR) is 115 cm³/mol. The van der Waals surface area contributed by atoms with Gasteiger partial charge in [-0.15, -0.1) is 0 Å². The Morgan fingerprint density at radius 3 is 2.76 bits per heavy atom. The molecule has 0 bridgehead atoms. The maximum absolute atomic E-state index is 13.3. The lowest BCUT2D eigenvalue weighted by Gasteiger charge is -2.26. The van der Waals surface area contributed by atoms with E-state index in [1.165, 1.54) is 10.1 Å². The summed E-state index contributed by atoms with van der Waals surface area (Å²) in [6.45, 7) is 8.46. The van der Waals surface area contributed by atoms with Gasteiger partial charge in [0, 0.05) is 19.5 Å². The number of fused-ring (bicyclic) bond motifs is 3. The number of nitrogens with zero attached hydrogens (tertiary/aromatic N) is 4. The van der Waals surface area contributed by atoms with Crippen LogP contribution in [0.2, 0.25) is 0 Å². The molecule has 29 heavy (non-hydrogen) atoms. The smallest absolute Gasteiger partial charge is 0.267 e. The summed E-state index contributed by atoms with van der Waals surface area (Å²) >= 11 is 0. The molecule has 7 nitrogen and oxygen atoms in total. The highest BCUT2D eigenvalue weighted by Gasteiger charge is 2.35. The number of nitrogens with one attached hydrogen (secondary N) is 1. The van der Waals surface area contributed by atoms with E-state index in [1.807, 2.05) is 6.07 Å². The largest absolute Gasteiger partial charge is 0.364 e. The zero-order chi connectivity index (χ0) is 20.7. The van der Waals surface area contributed by atoms with Crippen molar-refractivity contribution in [1.29, 1.82) is 0 Å². The van der Waals surface area contributed by atoms with E-state index >= 15 is 0 Å². The molecular weight excluding hydrogens is 366 g/mol. The van der Waals surface area contributed by atoms with Crippen molar-refractivity contribution in [3.8, 4) is 0 Å². The summed E-state index contributed by atoms with van der Waals surface area (Å²) in [6, 6.07) is 8.36. The fourth-order valence-electron chi connectivity index (χ4n) is 4.32. The minimum Gasteiger partial charge on any atom is -0.267 e. The molecule has 4 rings (SSSR count). The molecule has 0 aliphatic carbocycles. The van der Waals surface area contributed by atoms with Crippen LogP contribution in [-0.4, -0.2) is 20.7 Å². The summed E-state index contributed by atoms with van der Waals surface area (Å²) in [6.07, 6.45) is 2.89. The second kappa shape index (κ2) is 7.54. The molecule has 1 aliphatic heterocycles. The van der Waals surface area contributed by atoms with E-state index in [2.05, 4.69) is 53.4 Å². The second-order valence-corrected chi connectivity index (χ2v) is 8.32. The molecule has 3 heterocycles. The van der Waals surface area contributed by atoms with Crippen molar-refractivity contribution in [2.24, 2.45) is 13.0 Å². The minimum atomic E-state index is -0.257. The molecule has 1 N–H and O–H groups in total. The summed E-state index contributed by atoms with van der Waals surface area (Å²) in [5.41, 5.74) is 3.00. The first-order chi connectivity index (χ1) is 13.9. The summed E-state index contributed by atoms with van der Waals surface area (Å²) in [5.74, 6) is 1.24. The lowest BCUT2D eigenvalue weighted by atomic mass is 10.1. The normalized spacial score (nSPS) is 16.4. The van der Waals surface area contributed by atoms with E-state index in [-0.39, 0.29) is 11.2 Å². The van der Waals surface area contributed by atoms with Crippen LogP contribution in [0, 0.1) is 12.8 Å². The third-order valence-electron chi connectivity index (χ3n) is 5.82. The van der Waals surface area contributed by atoms with E-state index in [4.69, 9.17) is 0 Å². The average Bonchev–Trinajstić information content (AvgIpc) is 3.08. The summed E-state index contributed by atoms with van der Waals surface area (Å²) in [4.78, 5) is 31.8. The number of rotatable bonds is 5. The number of hydrogen-bond acceptors (Lipinski definition) is 3. The van der Waals surface area contributed by atoms with Gasteiger partial charge in [-0.2, -0.15) is 0 Å². The third-order valence-corrected chi connectivity index (χ3v) is 5.82. The number of unbranched alkanes of at least 4 members (excludes halogenated alkanes) is 2. The number of aromatic nitrogens is 4. The highest BCUT2D eigenvalue weighted by Crippen LogP contribution is 2.28. The first-order valence-corrected chi connectivity index (χ1v) is 10.5. The van der Waals surface area contributed by atoms with Crippen molar-refractivity contribution in [2.75, 3.05) is 11.4 Å². The molecule has 0 spiro atoms. The van der Waals surface area contributed by atoms with Crippen LogP contribution < -0.4 is 20.7 Å². The fourth-order valence-corrected chi connectivity index (χ4v) is 4.32. The van der Waals surface area contributed by atoms with Crippen LogP contribution in [0.25, 0.3) is 11.2 Å². The molecule has 1 aromatic carbocycles. The highest BCUT2D eigenvalue weighted by molar-refractivity contribution is 5.70. The summed E-state index contributed by atoms with van der Waals surface area (Å²) in [5, 5.41) is 0. The van der Waals surface area contributed by atoms with Gasteiger partial charge < -0.3 is 0 Å². The topological polar surface area (TPSA) is 66.9 Å². The lowest BCUT2D eigenvalue weighted by molar-refractivity contribution is -0.669. The Hall–Kier alpha value is -2.83. The number of imidazole rings is 1. The Kier molecular flexibility index (Phi) is 5.06. The SMILES string of the molecule is CCCCCn1c(=O)c2c([nH]c3[n+]2C[C@H](C)CN3c2cccc(C)c2)n(C)c1=O. The molecule has 1 aliphatic rings. The van der Waals surface area contributed by atoms with Gasteiger partial charge in [-0.05, 0) is 31.0 Å². The van der Waals surface area contributed by atoms with Crippen molar-refractivity contribution in [1.82, 2.24) is 14.1 Å². The standard InChI is InChI=1S/C22H29N5O2/c1-5-6-7-11-25-20(28)18-19(24(4)22(25)29)23-21-26(13-16(3)14-27(18)21)17-10-8-9-15(2)12-17/h8-10,12,16H,5-7,11,13-14H2,1-4H3/p+1/t16-/m1/s1. The van der Waals surface area contributed by atoms with Gasteiger partial charge in [-0.25, -0.2) is 19.2 Å². The van der Waals surface area contributed by atoms with Crippen molar-refractivity contribution in [2.45, 2.75) is 53.1 Å². The van der Waals surface area contributed by atoms with Gasteiger partial charge in [0.25, 0.3) is 5.56 Å². The van der Waals surface area contributed by atoms with E-state index in [9.17, 15) is 9.59 Å². The monoisotopic (exact) mass is 396 g/mol. The van der Waals surface area contributed by atoms with E-state index in [0.29, 0.717) is 23.6 Å². The zero-order valence-electron chi connectivity index (χ0n) is 17.7. The van der Waals surface area contributed by atoms with Gasteiger partial charge in [-0.3, -0.25) is 13.9 Å². The number of benzene rings is 1. The van der Waals surface area contributed by atoms with Crippen LogP contribution >= 0.6 is 0 Å². The maximum atomic E-state index is 13.3. The van der Waals surface area contributed by atoms with Crippen molar-refractivity contribution in [3.05, 3.63) is 50.7 Å². The summed E-state index contributed by atoms with van der Waals surface area (Å²) in [7, 11) is 1.74. The minimum absolute atomic E-state index is 0.194. The Bertz CT molecular complexity index is 1170. The Balaban J connectivity index is 1.93. The van der Waals surface area contributed by atoms with Crippen LogP contribution in [0.1, 0.15) is 38.7 Å². The van der Waals surface area contributed by atoms with Crippen LogP contribution in [0.5, 0.6) is 0 Å². The number of aryl methyl sites for hydroxylation is 2.